The largest absolute Gasteiger partial charge is 0.330 e. The van der Waals surface area contributed by atoms with Crippen LogP contribution < -0.4 is 5.73 Å². The smallest absolute Gasteiger partial charge is 0.151 e. The molecule has 0 saturated heterocycles. The first-order chi connectivity index (χ1) is 6.96. The van der Waals surface area contributed by atoms with Crippen LogP contribution >= 0.6 is 0 Å². The van der Waals surface area contributed by atoms with Gasteiger partial charge in [-0.15, -0.1) is 0 Å². The summed E-state index contributed by atoms with van der Waals surface area (Å²) in [5.74, 6) is 0. The second-order valence-corrected chi connectivity index (χ2v) is 6.75. The summed E-state index contributed by atoms with van der Waals surface area (Å²) in [6, 6.07) is 0.201. The molecule has 5 heteroatoms. The molecule has 0 aromatic rings. The molecule has 2 N–H and O–H groups in total. The molecule has 15 heavy (non-hydrogen) atoms. The van der Waals surface area contributed by atoms with Crippen LogP contribution in [0.25, 0.3) is 0 Å². The molecular formula is C10H22N2O2S. The Labute approximate surface area is 92.7 Å². The monoisotopic (exact) mass is 234 g/mol. The minimum atomic E-state index is -2.89. The fraction of sp³-hybridized carbons (Fsp3) is 1.00. The molecule has 0 spiro atoms. The van der Waals surface area contributed by atoms with Crippen LogP contribution in [0, 0.1) is 0 Å². The number of hydrogen-bond acceptors (Lipinski definition) is 4. The van der Waals surface area contributed by atoms with Crippen molar-refractivity contribution in [2.45, 2.75) is 37.0 Å². The van der Waals surface area contributed by atoms with Crippen LogP contribution in [0.5, 0.6) is 0 Å². The van der Waals surface area contributed by atoms with E-state index in [-0.39, 0.29) is 11.3 Å². The zero-order valence-corrected chi connectivity index (χ0v) is 10.5. The van der Waals surface area contributed by atoms with E-state index in [9.17, 15) is 8.42 Å². The van der Waals surface area contributed by atoms with Gasteiger partial charge in [0, 0.05) is 12.3 Å². The summed E-state index contributed by atoms with van der Waals surface area (Å²) in [5, 5.41) is -0.166. The van der Waals surface area contributed by atoms with Gasteiger partial charge in [-0.05, 0) is 39.4 Å². The Morgan fingerprint density at radius 1 is 1.40 bits per heavy atom. The van der Waals surface area contributed by atoms with Gasteiger partial charge in [0.2, 0.25) is 0 Å². The van der Waals surface area contributed by atoms with E-state index < -0.39 is 9.84 Å². The van der Waals surface area contributed by atoms with Crippen molar-refractivity contribution in [1.29, 1.82) is 0 Å². The van der Waals surface area contributed by atoms with E-state index in [4.69, 9.17) is 5.73 Å². The third-order valence-electron chi connectivity index (χ3n) is 3.25. The molecule has 1 rings (SSSR count). The summed E-state index contributed by atoms with van der Waals surface area (Å²) in [6.07, 6.45) is 5.13. The van der Waals surface area contributed by atoms with Crippen molar-refractivity contribution in [2.24, 2.45) is 5.73 Å². The van der Waals surface area contributed by atoms with E-state index in [1.807, 2.05) is 7.05 Å². The van der Waals surface area contributed by atoms with Gasteiger partial charge in [-0.2, -0.15) is 0 Å². The highest BCUT2D eigenvalue weighted by molar-refractivity contribution is 7.91. The molecule has 0 aromatic carbocycles. The Morgan fingerprint density at radius 3 is 2.60 bits per heavy atom. The Balaban J connectivity index is 2.60. The van der Waals surface area contributed by atoms with Gasteiger partial charge in [0.15, 0.2) is 9.84 Å². The molecule has 1 saturated carbocycles. The molecule has 0 aromatic heterocycles. The van der Waals surface area contributed by atoms with Crippen LogP contribution in [0.2, 0.25) is 0 Å². The number of nitrogens with two attached hydrogens (primary N) is 1. The first kappa shape index (κ1) is 12.9. The van der Waals surface area contributed by atoms with Crippen LogP contribution in [0.1, 0.15) is 25.7 Å². The van der Waals surface area contributed by atoms with Crippen LogP contribution in [-0.2, 0) is 9.84 Å². The molecule has 0 bridgehead atoms. The van der Waals surface area contributed by atoms with E-state index in [0.29, 0.717) is 6.54 Å². The molecule has 0 heterocycles. The lowest BCUT2D eigenvalue weighted by Crippen LogP contribution is -2.42. The van der Waals surface area contributed by atoms with Crippen molar-refractivity contribution in [1.82, 2.24) is 4.90 Å². The van der Waals surface area contributed by atoms with E-state index in [1.165, 1.54) is 6.26 Å². The van der Waals surface area contributed by atoms with E-state index in [1.54, 1.807) is 0 Å². The van der Waals surface area contributed by atoms with Gasteiger partial charge in [0.1, 0.15) is 0 Å². The summed E-state index contributed by atoms with van der Waals surface area (Å²) in [6.45, 7) is 1.56. The zero-order valence-electron chi connectivity index (χ0n) is 9.65. The summed E-state index contributed by atoms with van der Waals surface area (Å²) in [7, 11) is -0.891. The van der Waals surface area contributed by atoms with E-state index >= 15 is 0 Å². The lowest BCUT2D eigenvalue weighted by atomic mass is 10.2. The van der Waals surface area contributed by atoms with Crippen molar-refractivity contribution in [3.8, 4) is 0 Å². The third-order valence-corrected chi connectivity index (χ3v) is 4.90. The van der Waals surface area contributed by atoms with Gasteiger partial charge in [-0.3, -0.25) is 0 Å². The minimum absolute atomic E-state index is 0.166. The average molecular weight is 234 g/mol. The quantitative estimate of drug-likeness (QED) is 0.740. The van der Waals surface area contributed by atoms with Crippen molar-refractivity contribution in [3.63, 3.8) is 0 Å². The SMILES string of the molecule is CN(CCCN)C1CCCC1S(C)(=O)=O. The van der Waals surface area contributed by atoms with Crippen molar-refractivity contribution >= 4 is 9.84 Å². The van der Waals surface area contributed by atoms with Gasteiger partial charge in [0.05, 0.1) is 5.25 Å². The maximum absolute atomic E-state index is 11.6. The van der Waals surface area contributed by atoms with Gasteiger partial charge in [-0.25, -0.2) is 8.42 Å². The second kappa shape index (κ2) is 5.27. The average Bonchev–Trinajstić information content (AvgIpc) is 2.61. The highest BCUT2D eigenvalue weighted by atomic mass is 32.2. The Kier molecular flexibility index (Phi) is 4.55. The molecule has 2 atom stereocenters. The number of sulfone groups is 1. The number of hydrogen-bond donors (Lipinski definition) is 1. The zero-order chi connectivity index (χ0) is 11.5. The first-order valence-corrected chi connectivity index (χ1v) is 7.51. The standard InChI is InChI=1S/C10H22N2O2S/c1-12(8-4-7-11)9-5-3-6-10(9)15(2,13)14/h9-10H,3-8,11H2,1-2H3. The van der Waals surface area contributed by atoms with Crippen LogP contribution in [-0.4, -0.2) is 51.0 Å². The first-order valence-electron chi connectivity index (χ1n) is 5.56. The molecule has 4 nitrogen and oxygen atoms in total. The van der Waals surface area contributed by atoms with E-state index in [2.05, 4.69) is 4.90 Å². The van der Waals surface area contributed by atoms with Gasteiger partial charge in [0.25, 0.3) is 0 Å². The van der Waals surface area contributed by atoms with E-state index in [0.717, 1.165) is 32.2 Å². The lowest BCUT2D eigenvalue weighted by molar-refractivity contribution is 0.245. The molecule has 90 valence electrons. The van der Waals surface area contributed by atoms with Crippen molar-refractivity contribution in [3.05, 3.63) is 0 Å². The maximum atomic E-state index is 11.6. The van der Waals surface area contributed by atoms with Crippen LogP contribution in [0.4, 0.5) is 0 Å². The molecule has 0 amide bonds. The third kappa shape index (κ3) is 3.43. The van der Waals surface area contributed by atoms with Crippen LogP contribution in [0.15, 0.2) is 0 Å². The predicted molar refractivity (Wildman–Crippen MR) is 62.6 cm³/mol. The molecule has 0 aliphatic heterocycles. The number of nitrogens with zero attached hydrogens (tertiary/aromatic N) is 1. The topological polar surface area (TPSA) is 63.4 Å². The van der Waals surface area contributed by atoms with Crippen molar-refractivity contribution < 1.29 is 8.42 Å². The highest BCUT2D eigenvalue weighted by Crippen LogP contribution is 2.28. The molecule has 1 aliphatic rings. The fourth-order valence-electron chi connectivity index (χ4n) is 2.42. The summed E-state index contributed by atoms with van der Waals surface area (Å²) in [5.41, 5.74) is 5.45. The highest BCUT2D eigenvalue weighted by Gasteiger charge is 2.36. The Morgan fingerprint density at radius 2 is 2.07 bits per heavy atom. The molecule has 0 radical (unpaired) electrons. The van der Waals surface area contributed by atoms with Gasteiger partial charge in [-0.1, -0.05) is 6.42 Å². The van der Waals surface area contributed by atoms with Gasteiger partial charge < -0.3 is 10.6 Å². The number of rotatable bonds is 5. The maximum Gasteiger partial charge on any atom is 0.151 e. The summed E-state index contributed by atoms with van der Waals surface area (Å²) < 4.78 is 23.1. The molecular weight excluding hydrogens is 212 g/mol. The normalized spacial score (nSPS) is 27.5. The molecule has 1 fully saturated rings. The second-order valence-electron chi connectivity index (χ2n) is 4.49. The fourth-order valence-corrected chi connectivity index (χ4v) is 3.93. The lowest BCUT2D eigenvalue weighted by Gasteiger charge is -2.28. The molecule has 1 aliphatic carbocycles. The minimum Gasteiger partial charge on any atom is -0.330 e. The molecule has 2 unspecified atom stereocenters. The Bertz CT molecular complexity index is 290. The Hall–Kier alpha value is -0.130. The summed E-state index contributed by atoms with van der Waals surface area (Å²) in [4.78, 5) is 2.16. The van der Waals surface area contributed by atoms with Gasteiger partial charge >= 0.3 is 0 Å². The predicted octanol–water partition coefficient (Wildman–Crippen LogP) is 0.233. The van der Waals surface area contributed by atoms with Crippen LogP contribution in [0.3, 0.4) is 0 Å². The van der Waals surface area contributed by atoms with Crippen molar-refractivity contribution in [2.75, 3.05) is 26.4 Å². The summed E-state index contributed by atoms with van der Waals surface area (Å²) >= 11 is 0.